The van der Waals surface area contributed by atoms with Crippen LogP contribution in [-0.2, 0) is 4.79 Å². The number of fused-ring (bicyclic) bond motifs is 1. The maximum Gasteiger partial charge on any atom is 0.237 e. The Balaban J connectivity index is 1.58. The highest BCUT2D eigenvalue weighted by molar-refractivity contribution is 7.20. The molecule has 2 atom stereocenters. The van der Waals surface area contributed by atoms with E-state index in [1.165, 1.54) is 11.3 Å². The molecule has 9 heteroatoms. The first-order chi connectivity index (χ1) is 13.0. The van der Waals surface area contributed by atoms with Crippen LogP contribution >= 0.6 is 11.3 Å². The maximum atomic E-state index is 12.8. The highest BCUT2D eigenvalue weighted by Crippen LogP contribution is 2.24. The first-order valence-electron chi connectivity index (χ1n) is 9.04. The van der Waals surface area contributed by atoms with Crippen LogP contribution in [0.25, 0.3) is 10.2 Å². The van der Waals surface area contributed by atoms with E-state index in [1.807, 2.05) is 24.3 Å². The zero-order valence-corrected chi connectivity index (χ0v) is 15.8. The molecule has 0 spiro atoms. The Morgan fingerprint density at radius 3 is 2.89 bits per heavy atom. The number of amides is 1. The lowest BCUT2D eigenvalue weighted by atomic mass is 10.1. The molecule has 1 aromatic heterocycles. The fraction of sp³-hybridized carbons (Fsp3) is 0.444. The monoisotopic (exact) mass is 388 g/mol. The molecule has 3 rings (SSSR count). The van der Waals surface area contributed by atoms with Crippen molar-refractivity contribution in [1.29, 1.82) is 0 Å². The summed E-state index contributed by atoms with van der Waals surface area (Å²) in [5.74, 6) is -0.328. The van der Waals surface area contributed by atoms with Crippen LogP contribution in [0.5, 0.6) is 0 Å². The van der Waals surface area contributed by atoms with Crippen molar-refractivity contribution in [3.8, 4) is 0 Å². The second-order valence-electron chi connectivity index (χ2n) is 6.50. The molecule has 1 saturated heterocycles. The van der Waals surface area contributed by atoms with Crippen molar-refractivity contribution in [3.63, 3.8) is 0 Å². The standard InChI is InChI=1S/C18H24N6O2S/c19-18(20)24-12(6-3-10-22-16(26)13-7-4-9-21-13)15(25)17-23-11-5-1-2-8-14(11)27-17/h1-2,5,8,12-13,21H,3-4,6-7,9-10H2,(H,22,26)(H4,19,20,24)/t12?,13-/m0/s1. The number of hydrogen-bond donors (Lipinski definition) is 4. The Hall–Kier alpha value is -2.52. The van der Waals surface area contributed by atoms with Crippen LogP contribution in [0.15, 0.2) is 29.3 Å². The number of Topliss-reactive ketones (excluding diaryl/α,β-unsaturated/α-hetero) is 1. The molecule has 0 bridgehead atoms. The average Bonchev–Trinajstić information content (AvgIpc) is 3.32. The van der Waals surface area contributed by atoms with Gasteiger partial charge in [0, 0.05) is 6.54 Å². The summed E-state index contributed by atoms with van der Waals surface area (Å²) in [5.41, 5.74) is 11.8. The van der Waals surface area contributed by atoms with E-state index >= 15 is 0 Å². The third kappa shape index (κ3) is 5.01. The van der Waals surface area contributed by atoms with Crippen LogP contribution in [0.4, 0.5) is 0 Å². The summed E-state index contributed by atoms with van der Waals surface area (Å²) >= 11 is 1.33. The van der Waals surface area contributed by atoms with Crippen LogP contribution in [0.2, 0.25) is 0 Å². The molecule has 0 radical (unpaired) electrons. The van der Waals surface area contributed by atoms with E-state index in [9.17, 15) is 9.59 Å². The van der Waals surface area contributed by atoms with Gasteiger partial charge >= 0.3 is 0 Å². The lowest BCUT2D eigenvalue weighted by Gasteiger charge is -2.13. The van der Waals surface area contributed by atoms with Crippen molar-refractivity contribution in [3.05, 3.63) is 29.3 Å². The summed E-state index contributed by atoms with van der Waals surface area (Å²) in [5, 5.41) is 6.45. The number of ketones is 1. The number of hydrogen-bond acceptors (Lipinski definition) is 6. The molecular weight excluding hydrogens is 364 g/mol. The second kappa shape index (κ2) is 8.92. The third-order valence-corrected chi connectivity index (χ3v) is 5.49. The van der Waals surface area contributed by atoms with E-state index < -0.39 is 6.04 Å². The normalized spacial score (nSPS) is 17.6. The number of benzene rings is 1. The minimum atomic E-state index is -0.697. The molecule has 2 heterocycles. The van der Waals surface area contributed by atoms with Gasteiger partial charge in [-0.15, -0.1) is 11.3 Å². The van der Waals surface area contributed by atoms with Gasteiger partial charge in [-0.05, 0) is 44.4 Å². The summed E-state index contributed by atoms with van der Waals surface area (Å²) in [6.07, 6.45) is 2.90. The summed E-state index contributed by atoms with van der Waals surface area (Å²) in [7, 11) is 0. The zero-order valence-electron chi connectivity index (χ0n) is 15.0. The largest absolute Gasteiger partial charge is 0.370 e. The van der Waals surface area contributed by atoms with Gasteiger partial charge < -0.3 is 22.1 Å². The van der Waals surface area contributed by atoms with Gasteiger partial charge in [-0.2, -0.15) is 0 Å². The molecule has 1 unspecified atom stereocenters. The Kier molecular flexibility index (Phi) is 6.36. The number of rotatable bonds is 8. The number of thiazole rings is 1. The number of aromatic nitrogens is 1. The molecule has 1 amide bonds. The fourth-order valence-electron chi connectivity index (χ4n) is 3.09. The van der Waals surface area contributed by atoms with Crippen LogP contribution in [0.1, 0.15) is 35.5 Å². The van der Waals surface area contributed by atoms with E-state index in [2.05, 4.69) is 20.6 Å². The Morgan fingerprint density at radius 1 is 1.37 bits per heavy atom. The summed E-state index contributed by atoms with van der Waals surface area (Å²) < 4.78 is 0.945. The highest BCUT2D eigenvalue weighted by Gasteiger charge is 2.24. The topological polar surface area (TPSA) is 135 Å². The third-order valence-electron chi connectivity index (χ3n) is 4.44. The summed E-state index contributed by atoms with van der Waals surface area (Å²) in [4.78, 5) is 33.3. The average molecular weight is 388 g/mol. The Morgan fingerprint density at radius 2 is 2.19 bits per heavy atom. The molecule has 0 saturated carbocycles. The molecule has 0 aliphatic carbocycles. The lowest BCUT2D eigenvalue weighted by molar-refractivity contribution is -0.122. The minimum Gasteiger partial charge on any atom is -0.370 e. The van der Waals surface area contributed by atoms with Crippen molar-refractivity contribution < 1.29 is 9.59 Å². The molecule has 144 valence electrons. The summed E-state index contributed by atoms with van der Waals surface area (Å²) in [6, 6.07) is 6.77. The smallest absolute Gasteiger partial charge is 0.237 e. The highest BCUT2D eigenvalue weighted by atomic mass is 32.1. The quantitative estimate of drug-likeness (QED) is 0.228. The van der Waals surface area contributed by atoms with E-state index in [1.54, 1.807) is 0 Å². The number of nitrogens with zero attached hydrogens (tertiary/aromatic N) is 2. The molecular formula is C18H24N6O2S. The maximum absolute atomic E-state index is 12.8. The van der Waals surface area contributed by atoms with Gasteiger partial charge in [0.15, 0.2) is 11.0 Å². The molecule has 6 N–H and O–H groups in total. The Bertz CT molecular complexity index is 806. The van der Waals surface area contributed by atoms with Gasteiger partial charge in [0.2, 0.25) is 11.7 Å². The SMILES string of the molecule is NC(N)=NC(CCCNC(=O)[C@@H]1CCCN1)C(=O)c1nc2ccccc2s1. The van der Waals surface area contributed by atoms with Crippen molar-refractivity contribution in [1.82, 2.24) is 15.6 Å². The molecule has 1 fully saturated rings. The van der Waals surface area contributed by atoms with Gasteiger partial charge in [-0.3, -0.25) is 9.59 Å². The van der Waals surface area contributed by atoms with Crippen LogP contribution in [0.3, 0.4) is 0 Å². The van der Waals surface area contributed by atoms with Crippen LogP contribution in [0, 0.1) is 0 Å². The van der Waals surface area contributed by atoms with Gasteiger partial charge in [0.05, 0.1) is 16.3 Å². The van der Waals surface area contributed by atoms with E-state index in [0.29, 0.717) is 24.4 Å². The van der Waals surface area contributed by atoms with E-state index in [0.717, 1.165) is 29.6 Å². The van der Waals surface area contributed by atoms with Crippen LogP contribution < -0.4 is 22.1 Å². The number of carbonyl (C=O) groups is 2. The first kappa shape index (κ1) is 19.2. The van der Waals surface area contributed by atoms with Crippen molar-refractivity contribution in [2.75, 3.05) is 13.1 Å². The van der Waals surface area contributed by atoms with Gasteiger partial charge in [0.1, 0.15) is 6.04 Å². The first-order valence-corrected chi connectivity index (χ1v) is 9.86. The van der Waals surface area contributed by atoms with E-state index in [4.69, 9.17) is 11.5 Å². The van der Waals surface area contributed by atoms with Crippen molar-refractivity contribution >= 4 is 39.2 Å². The number of nitrogens with two attached hydrogens (primary N) is 2. The van der Waals surface area contributed by atoms with Crippen molar-refractivity contribution in [2.24, 2.45) is 16.5 Å². The predicted octanol–water partition coefficient (Wildman–Crippen LogP) is 0.769. The number of para-hydroxylation sites is 1. The number of guanidine groups is 1. The molecule has 1 aliphatic rings. The molecule has 27 heavy (non-hydrogen) atoms. The number of aliphatic imine (C=N–C) groups is 1. The van der Waals surface area contributed by atoms with Gasteiger partial charge in [-0.25, -0.2) is 9.98 Å². The molecule has 1 aliphatic heterocycles. The number of carbonyl (C=O) groups excluding carboxylic acids is 2. The van der Waals surface area contributed by atoms with Crippen LogP contribution in [-0.4, -0.2) is 47.8 Å². The van der Waals surface area contributed by atoms with Gasteiger partial charge in [0.25, 0.3) is 0 Å². The fourth-order valence-corrected chi connectivity index (χ4v) is 4.05. The van der Waals surface area contributed by atoms with E-state index in [-0.39, 0.29) is 23.7 Å². The lowest BCUT2D eigenvalue weighted by Crippen LogP contribution is -2.41. The second-order valence-corrected chi connectivity index (χ2v) is 7.53. The zero-order chi connectivity index (χ0) is 19.2. The molecule has 8 nitrogen and oxygen atoms in total. The predicted molar refractivity (Wildman–Crippen MR) is 107 cm³/mol. The summed E-state index contributed by atoms with van der Waals surface area (Å²) in [6.45, 7) is 1.35. The van der Waals surface area contributed by atoms with Crippen molar-refractivity contribution in [2.45, 2.75) is 37.8 Å². The molecule has 2 aromatic rings. The van der Waals surface area contributed by atoms with Gasteiger partial charge in [-0.1, -0.05) is 12.1 Å². The Labute approximate surface area is 161 Å². The number of nitrogens with one attached hydrogen (secondary N) is 2. The minimum absolute atomic E-state index is 0.00314. The molecule has 1 aromatic carbocycles.